The smallest absolute Gasteiger partial charge is 0.120 e. The summed E-state index contributed by atoms with van der Waals surface area (Å²) < 4.78 is 0. The third-order valence-corrected chi connectivity index (χ3v) is 4.70. The minimum absolute atomic E-state index is 0.359. The normalized spacial score (nSPS) is 27.7. The van der Waals surface area contributed by atoms with Crippen molar-refractivity contribution in [3.8, 4) is 5.75 Å². The van der Waals surface area contributed by atoms with E-state index in [0.717, 1.165) is 6.42 Å². The molecule has 0 radical (unpaired) electrons. The largest absolute Gasteiger partial charge is 0.508 e. The molecule has 2 nitrogen and oxygen atoms in total. The molecule has 1 aromatic rings. The van der Waals surface area contributed by atoms with Crippen LogP contribution in [0.15, 0.2) is 12.1 Å². The van der Waals surface area contributed by atoms with E-state index in [9.17, 15) is 5.11 Å². The van der Waals surface area contributed by atoms with Crippen LogP contribution in [-0.4, -0.2) is 11.1 Å². The number of phenolic OH excluding ortho intramolecular Hbond substituents is 1. The summed E-state index contributed by atoms with van der Waals surface area (Å²) in [5, 5.41) is 14.0. The van der Waals surface area contributed by atoms with Crippen molar-refractivity contribution >= 4 is 0 Å². The maximum absolute atomic E-state index is 10.2. The Kier molecular flexibility index (Phi) is 3.06. The molecule has 2 heteroatoms. The zero-order valence-corrected chi connectivity index (χ0v) is 11.4. The van der Waals surface area contributed by atoms with Crippen LogP contribution in [0.3, 0.4) is 0 Å². The zero-order chi connectivity index (χ0) is 12.7. The number of rotatable bonds is 2. The van der Waals surface area contributed by atoms with Gasteiger partial charge in [0.05, 0.1) is 0 Å². The van der Waals surface area contributed by atoms with E-state index in [1.807, 2.05) is 12.1 Å². The van der Waals surface area contributed by atoms with E-state index >= 15 is 0 Å². The topological polar surface area (TPSA) is 32.3 Å². The molecule has 2 N–H and O–H groups in total. The summed E-state index contributed by atoms with van der Waals surface area (Å²) in [4.78, 5) is 0. The Bertz CT molecular complexity index is 449. The molecule has 2 aliphatic carbocycles. The van der Waals surface area contributed by atoms with Gasteiger partial charge in [-0.1, -0.05) is 25.8 Å². The first-order chi connectivity index (χ1) is 8.66. The highest BCUT2D eigenvalue weighted by atomic mass is 16.3. The van der Waals surface area contributed by atoms with E-state index < -0.39 is 0 Å². The molecule has 0 bridgehead atoms. The van der Waals surface area contributed by atoms with Crippen LogP contribution < -0.4 is 5.32 Å². The van der Waals surface area contributed by atoms with Crippen LogP contribution in [0.25, 0.3) is 0 Å². The molecule has 1 aromatic carbocycles. The van der Waals surface area contributed by atoms with Gasteiger partial charge < -0.3 is 10.4 Å². The van der Waals surface area contributed by atoms with Gasteiger partial charge in [-0.25, -0.2) is 0 Å². The van der Waals surface area contributed by atoms with E-state index in [4.69, 9.17) is 0 Å². The van der Waals surface area contributed by atoms with Crippen molar-refractivity contribution in [2.75, 3.05) is 0 Å². The fourth-order valence-corrected chi connectivity index (χ4v) is 3.87. The van der Waals surface area contributed by atoms with Crippen LogP contribution in [0.2, 0.25) is 0 Å². The fourth-order valence-electron chi connectivity index (χ4n) is 3.87. The van der Waals surface area contributed by atoms with Crippen LogP contribution >= 0.6 is 0 Å². The second-order valence-electron chi connectivity index (χ2n) is 6.07. The average Bonchev–Trinajstić information content (AvgIpc) is 2.93. The summed E-state index contributed by atoms with van der Waals surface area (Å²) in [6.45, 7) is 4.44. The molecule has 1 saturated carbocycles. The molecule has 0 saturated heterocycles. The maximum atomic E-state index is 10.2. The lowest BCUT2D eigenvalue weighted by molar-refractivity contribution is 0.407. The molecule has 2 atom stereocenters. The first-order valence-corrected chi connectivity index (χ1v) is 7.25. The SMILES string of the molecule is Cc1ccc(O)c2c1C(C)CC2NC1CCCC1. The summed E-state index contributed by atoms with van der Waals surface area (Å²) in [6, 6.07) is 4.92. The van der Waals surface area contributed by atoms with E-state index in [2.05, 4.69) is 19.2 Å². The van der Waals surface area contributed by atoms with Crippen LogP contribution in [-0.2, 0) is 0 Å². The van der Waals surface area contributed by atoms with Crippen LogP contribution in [0.5, 0.6) is 5.75 Å². The van der Waals surface area contributed by atoms with Gasteiger partial charge in [0.15, 0.2) is 0 Å². The molecule has 0 heterocycles. The van der Waals surface area contributed by atoms with Crippen molar-refractivity contribution in [2.45, 2.75) is 64.0 Å². The van der Waals surface area contributed by atoms with Crippen LogP contribution in [0.1, 0.15) is 67.7 Å². The first kappa shape index (κ1) is 12.0. The fraction of sp³-hybridized carbons (Fsp3) is 0.625. The second kappa shape index (κ2) is 4.58. The third-order valence-electron chi connectivity index (χ3n) is 4.70. The van der Waals surface area contributed by atoms with Gasteiger partial charge in [0.25, 0.3) is 0 Å². The number of benzene rings is 1. The van der Waals surface area contributed by atoms with Gasteiger partial charge in [-0.3, -0.25) is 0 Å². The summed E-state index contributed by atoms with van der Waals surface area (Å²) in [5.41, 5.74) is 3.88. The number of aryl methyl sites for hydroxylation is 1. The molecule has 18 heavy (non-hydrogen) atoms. The number of nitrogens with one attached hydrogen (secondary N) is 1. The molecular weight excluding hydrogens is 222 g/mol. The molecule has 0 spiro atoms. The number of aromatic hydroxyl groups is 1. The Morgan fingerprint density at radius 3 is 2.61 bits per heavy atom. The van der Waals surface area contributed by atoms with E-state index in [-0.39, 0.29) is 0 Å². The van der Waals surface area contributed by atoms with Crippen molar-refractivity contribution in [2.24, 2.45) is 0 Å². The number of phenols is 1. The minimum Gasteiger partial charge on any atom is -0.508 e. The van der Waals surface area contributed by atoms with E-state index in [0.29, 0.717) is 23.8 Å². The Balaban J connectivity index is 1.90. The molecule has 0 aromatic heterocycles. The molecule has 2 unspecified atom stereocenters. The van der Waals surface area contributed by atoms with Gasteiger partial charge in [-0.15, -0.1) is 0 Å². The molecule has 0 aliphatic heterocycles. The molecular formula is C16H23NO. The van der Waals surface area contributed by atoms with Crippen molar-refractivity contribution in [3.63, 3.8) is 0 Å². The van der Waals surface area contributed by atoms with Crippen molar-refractivity contribution in [3.05, 3.63) is 28.8 Å². The minimum atomic E-state index is 0.359. The molecule has 0 amide bonds. The highest BCUT2D eigenvalue weighted by molar-refractivity contribution is 5.50. The maximum Gasteiger partial charge on any atom is 0.120 e. The first-order valence-electron chi connectivity index (χ1n) is 7.25. The molecule has 98 valence electrons. The van der Waals surface area contributed by atoms with Gasteiger partial charge >= 0.3 is 0 Å². The van der Waals surface area contributed by atoms with Gasteiger partial charge in [-0.05, 0) is 49.3 Å². The highest BCUT2D eigenvalue weighted by Gasteiger charge is 2.33. The average molecular weight is 245 g/mol. The summed E-state index contributed by atoms with van der Waals surface area (Å²) in [5.74, 6) is 1.04. The molecule has 3 rings (SSSR count). The van der Waals surface area contributed by atoms with Crippen molar-refractivity contribution in [1.82, 2.24) is 5.32 Å². The van der Waals surface area contributed by atoms with Gasteiger partial charge in [0.2, 0.25) is 0 Å². The zero-order valence-electron chi connectivity index (χ0n) is 11.4. The predicted molar refractivity (Wildman–Crippen MR) is 74.0 cm³/mol. The summed E-state index contributed by atoms with van der Waals surface area (Å²) in [7, 11) is 0. The van der Waals surface area contributed by atoms with Gasteiger partial charge in [0, 0.05) is 17.6 Å². The van der Waals surface area contributed by atoms with Gasteiger partial charge in [-0.2, -0.15) is 0 Å². The summed E-state index contributed by atoms with van der Waals surface area (Å²) in [6.07, 6.45) is 6.43. The lowest BCUT2D eigenvalue weighted by atomic mass is 9.97. The standard InChI is InChI=1S/C16H23NO/c1-10-7-8-14(18)16-13(9-11(2)15(10)16)17-12-5-3-4-6-12/h7-8,11-13,17-18H,3-6,9H2,1-2H3. The lowest BCUT2D eigenvalue weighted by Crippen LogP contribution is -2.29. The Morgan fingerprint density at radius 1 is 1.17 bits per heavy atom. The quantitative estimate of drug-likeness (QED) is 0.831. The highest BCUT2D eigenvalue weighted by Crippen LogP contribution is 2.46. The van der Waals surface area contributed by atoms with E-state index in [1.54, 1.807) is 0 Å². The molecule has 1 fully saturated rings. The number of fused-ring (bicyclic) bond motifs is 1. The summed E-state index contributed by atoms with van der Waals surface area (Å²) >= 11 is 0. The van der Waals surface area contributed by atoms with Gasteiger partial charge in [0.1, 0.15) is 5.75 Å². The lowest BCUT2D eigenvalue weighted by Gasteiger charge is -2.20. The monoisotopic (exact) mass is 245 g/mol. The molecule has 2 aliphatic rings. The Morgan fingerprint density at radius 2 is 1.89 bits per heavy atom. The Hall–Kier alpha value is -1.02. The van der Waals surface area contributed by atoms with Crippen LogP contribution in [0, 0.1) is 6.92 Å². The Labute approximate surface area is 109 Å². The van der Waals surface area contributed by atoms with Crippen molar-refractivity contribution in [1.29, 1.82) is 0 Å². The van der Waals surface area contributed by atoms with Crippen molar-refractivity contribution < 1.29 is 5.11 Å². The number of hydrogen-bond donors (Lipinski definition) is 2. The second-order valence-corrected chi connectivity index (χ2v) is 6.07. The third kappa shape index (κ3) is 1.93. The number of hydrogen-bond acceptors (Lipinski definition) is 2. The van der Waals surface area contributed by atoms with Crippen LogP contribution in [0.4, 0.5) is 0 Å². The predicted octanol–water partition coefficient (Wildman–Crippen LogP) is 3.78. The van der Waals surface area contributed by atoms with E-state index in [1.165, 1.54) is 42.4 Å².